The Bertz CT molecular complexity index is 774. The molecule has 0 aromatic heterocycles. The van der Waals surface area contributed by atoms with Crippen LogP contribution in [0.15, 0.2) is 121 Å². The van der Waals surface area contributed by atoms with Crippen molar-refractivity contribution in [2.24, 2.45) is 0 Å². The molecule has 132 valence electrons. The first-order valence-corrected chi connectivity index (χ1v) is 10.9. The van der Waals surface area contributed by atoms with E-state index in [9.17, 15) is 0 Å². The van der Waals surface area contributed by atoms with Crippen molar-refractivity contribution in [3.8, 4) is 0 Å². The van der Waals surface area contributed by atoms with Gasteiger partial charge in [0.05, 0.1) is 0 Å². The summed E-state index contributed by atoms with van der Waals surface area (Å²) in [5.41, 5.74) is 2.78. The zero-order valence-corrected chi connectivity index (χ0v) is 16.2. The minimum absolute atomic E-state index is 0.388. The van der Waals surface area contributed by atoms with Crippen LogP contribution in [-0.2, 0) is 0 Å². The fourth-order valence-electron chi connectivity index (χ4n) is 3.53. The highest BCUT2D eigenvalue weighted by Gasteiger charge is 2.22. The van der Waals surface area contributed by atoms with Gasteiger partial charge in [-0.1, -0.05) is 121 Å². The molecule has 4 aromatic rings. The van der Waals surface area contributed by atoms with E-state index in [0.29, 0.717) is 5.92 Å². The normalized spacial score (nSPS) is 11.0. The molecule has 0 radical (unpaired) electrons. The Morgan fingerprint density at radius 1 is 0.444 bits per heavy atom. The minimum atomic E-state index is -0.437. The third-order valence-corrected chi connectivity index (χ3v) is 7.48. The SMILES string of the molecule is c1ccc(C(CP(c2ccccc2)c2ccccc2)c2ccccc2)cc1. The van der Waals surface area contributed by atoms with Crippen LogP contribution in [0.2, 0.25) is 0 Å². The Kier molecular flexibility index (Phi) is 5.77. The Labute approximate surface area is 163 Å². The average Bonchev–Trinajstić information content (AvgIpc) is 2.77. The lowest BCUT2D eigenvalue weighted by molar-refractivity contribution is 0.933. The lowest BCUT2D eigenvalue weighted by Gasteiger charge is -2.26. The van der Waals surface area contributed by atoms with E-state index in [1.54, 1.807) is 0 Å². The summed E-state index contributed by atoms with van der Waals surface area (Å²) < 4.78 is 0. The smallest absolute Gasteiger partial charge is 0.0135 e. The molecule has 0 saturated carbocycles. The molecule has 1 heteroatoms. The number of benzene rings is 4. The molecule has 0 heterocycles. The predicted octanol–water partition coefficient (Wildman–Crippen LogP) is 5.95. The van der Waals surface area contributed by atoms with Crippen molar-refractivity contribution >= 4 is 18.5 Å². The third-order valence-electron chi connectivity index (χ3n) is 4.90. The van der Waals surface area contributed by atoms with Gasteiger partial charge < -0.3 is 0 Å². The van der Waals surface area contributed by atoms with Crippen LogP contribution in [0.25, 0.3) is 0 Å². The maximum atomic E-state index is 2.28. The molecular formula is C26H23P. The van der Waals surface area contributed by atoms with Gasteiger partial charge in [0.2, 0.25) is 0 Å². The van der Waals surface area contributed by atoms with E-state index in [1.807, 2.05) is 0 Å². The molecule has 0 amide bonds. The van der Waals surface area contributed by atoms with Crippen molar-refractivity contribution in [1.29, 1.82) is 0 Å². The van der Waals surface area contributed by atoms with Gasteiger partial charge in [-0.05, 0) is 35.8 Å². The lowest BCUT2D eigenvalue weighted by atomic mass is 9.93. The van der Waals surface area contributed by atoms with Crippen molar-refractivity contribution in [1.82, 2.24) is 0 Å². The molecule has 0 aliphatic carbocycles. The van der Waals surface area contributed by atoms with Crippen molar-refractivity contribution in [2.75, 3.05) is 6.16 Å². The third kappa shape index (κ3) is 4.35. The van der Waals surface area contributed by atoms with Crippen LogP contribution in [0.3, 0.4) is 0 Å². The summed E-state index contributed by atoms with van der Waals surface area (Å²) in [5.74, 6) is 0.388. The van der Waals surface area contributed by atoms with Crippen molar-refractivity contribution in [3.63, 3.8) is 0 Å². The number of hydrogen-bond donors (Lipinski definition) is 0. The van der Waals surface area contributed by atoms with Gasteiger partial charge in [0.1, 0.15) is 0 Å². The van der Waals surface area contributed by atoms with Crippen LogP contribution < -0.4 is 10.6 Å². The Morgan fingerprint density at radius 3 is 1.15 bits per heavy atom. The van der Waals surface area contributed by atoms with Crippen molar-refractivity contribution < 1.29 is 0 Å². The molecule has 0 nitrogen and oxygen atoms in total. The van der Waals surface area contributed by atoms with Crippen molar-refractivity contribution in [3.05, 3.63) is 132 Å². The molecule has 0 N–H and O–H groups in total. The van der Waals surface area contributed by atoms with E-state index in [-0.39, 0.29) is 0 Å². The molecule has 4 rings (SSSR count). The first-order chi connectivity index (χ1) is 13.4. The summed E-state index contributed by atoms with van der Waals surface area (Å²) in [4.78, 5) is 0. The summed E-state index contributed by atoms with van der Waals surface area (Å²) in [6.07, 6.45) is 1.11. The highest BCUT2D eigenvalue weighted by molar-refractivity contribution is 7.73. The zero-order chi connectivity index (χ0) is 18.3. The second kappa shape index (κ2) is 8.80. The van der Waals surface area contributed by atoms with Crippen LogP contribution in [0.1, 0.15) is 17.0 Å². The first-order valence-electron chi connectivity index (χ1n) is 9.39. The second-order valence-electron chi connectivity index (χ2n) is 6.66. The summed E-state index contributed by atoms with van der Waals surface area (Å²) >= 11 is 0. The number of rotatable bonds is 6. The Balaban J connectivity index is 1.77. The Hall–Kier alpha value is -2.69. The molecule has 0 bridgehead atoms. The molecule has 27 heavy (non-hydrogen) atoms. The molecule has 0 unspecified atom stereocenters. The maximum Gasteiger partial charge on any atom is 0.0135 e. The fraction of sp³-hybridized carbons (Fsp3) is 0.0769. The summed E-state index contributed by atoms with van der Waals surface area (Å²) in [6, 6.07) is 43.9. The van der Waals surface area contributed by atoms with E-state index in [1.165, 1.54) is 21.7 Å². The molecule has 0 fully saturated rings. The van der Waals surface area contributed by atoms with Gasteiger partial charge in [0.25, 0.3) is 0 Å². The van der Waals surface area contributed by atoms with Gasteiger partial charge in [-0.25, -0.2) is 0 Å². The lowest BCUT2D eigenvalue weighted by Crippen LogP contribution is -2.18. The highest BCUT2D eigenvalue weighted by atomic mass is 31.1. The van der Waals surface area contributed by atoms with Gasteiger partial charge >= 0.3 is 0 Å². The van der Waals surface area contributed by atoms with Crippen LogP contribution in [-0.4, -0.2) is 6.16 Å². The molecule has 0 aliphatic heterocycles. The Morgan fingerprint density at radius 2 is 0.778 bits per heavy atom. The fourth-order valence-corrected chi connectivity index (χ4v) is 6.10. The number of hydrogen-bond acceptors (Lipinski definition) is 0. The highest BCUT2D eigenvalue weighted by Crippen LogP contribution is 2.41. The first kappa shape index (κ1) is 17.7. The van der Waals surface area contributed by atoms with Gasteiger partial charge in [-0.2, -0.15) is 0 Å². The zero-order valence-electron chi connectivity index (χ0n) is 15.3. The van der Waals surface area contributed by atoms with Crippen LogP contribution in [0.4, 0.5) is 0 Å². The van der Waals surface area contributed by atoms with E-state index < -0.39 is 7.92 Å². The summed E-state index contributed by atoms with van der Waals surface area (Å²) in [7, 11) is -0.437. The average molecular weight is 366 g/mol. The molecule has 0 atom stereocenters. The summed E-state index contributed by atoms with van der Waals surface area (Å²) in [5, 5.41) is 2.88. The summed E-state index contributed by atoms with van der Waals surface area (Å²) in [6.45, 7) is 0. The molecule has 0 spiro atoms. The molecule has 0 saturated heterocycles. The maximum absolute atomic E-state index is 2.28. The molecule has 0 aliphatic rings. The van der Waals surface area contributed by atoms with E-state index in [4.69, 9.17) is 0 Å². The van der Waals surface area contributed by atoms with E-state index >= 15 is 0 Å². The van der Waals surface area contributed by atoms with Crippen LogP contribution in [0.5, 0.6) is 0 Å². The van der Waals surface area contributed by atoms with Gasteiger partial charge in [-0.3, -0.25) is 0 Å². The minimum Gasteiger partial charge on any atom is -0.0622 e. The second-order valence-corrected chi connectivity index (χ2v) is 8.91. The van der Waals surface area contributed by atoms with Crippen LogP contribution in [0, 0.1) is 0 Å². The van der Waals surface area contributed by atoms with Crippen molar-refractivity contribution in [2.45, 2.75) is 5.92 Å². The topological polar surface area (TPSA) is 0 Å². The van der Waals surface area contributed by atoms with Crippen LogP contribution >= 0.6 is 7.92 Å². The molecular weight excluding hydrogens is 343 g/mol. The molecule has 4 aromatic carbocycles. The van der Waals surface area contributed by atoms with E-state index in [2.05, 4.69) is 121 Å². The monoisotopic (exact) mass is 366 g/mol. The standard InChI is InChI=1S/C26H23P/c1-5-13-22(14-6-1)26(23-15-7-2-8-16-23)21-27(24-17-9-3-10-18-24)25-19-11-4-12-20-25/h1-20,26H,21H2. The van der Waals surface area contributed by atoms with E-state index in [0.717, 1.165) is 6.16 Å². The quantitative estimate of drug-likeness (QED) is 0.370. The largest absolute Gasteiger partial charge is 0.0622 e. The van der Waals surface area contributed by atoms with Gasteiger partial charge in [0, 0.05) is 5.92 Å². The van der Waals surface area contributed by atoms with Gasteiger partial charge in [-0.15, -0.1) is 0 Å². The van der Waals surface area contributed by atoms with Gasteiger partial charge in [0.15, 0.2) is 0 Å². The predicted molar refractivity (Wildman–Crippen MR) is 119 cm³/mol.